The van der Waals surface area contributed by atoms with Crippen LogP contribution in [0.5, 0.6) is 0 Å². The van der Waals surface area contributed by atoms with E-state index in [4.69, 9.17) is 0 Å². The molecule has 5 heteroatoms. The Hall–Kier alpha value is -0.390. The SMILES string of the molecule is CC(C)CCCCCc1cc2ccccc2c(S(=O)(=O)[O-])c1CCCCCC(C)C.[Na+]. The summed E-state index contributed by atoms with van der Waals surface area (Å²) < 4.78 is 36.9. The molecule has 0 radical (unpaired) electrons. The van der Waals surface area contributed by atoms with Crippen molar-refractivity contribution in [1.29, 1.82) is 0 Å². The van der Waals surface area contributed by atoms with Crippen LogP contribution < -0.4 is 29.6 Å². The Labute approximate surface area is 212 Å². The first kappa shape index (κ1) is 28.6. The summed E-state index contributed by atoms with van der Waals surface area (Å²) >= 11 is 0. The molecule has 0 bridgehead atoms. The van der Waals surface area contributed by atoms with E-state index < -0.39 is 10.1 Å². The first-order chi connectivity index (χ1) is 14.2. The van der Waals surface area contributed by atoms with Crippen LogP contribution in [0.25, 0.3) is 10.8 Å². The van der Waals surface area contributed by atoms with Crippen molar-refractivity contribution in [1.82, 2.24) is 0 Å². The molecule has 0 saturated carbocycles. The van der Waals surface area contributed by atoms with Gasteiger partial charge in [0.15, 0.2) is 0 Å². The Kier molecular flexibility index (Phi) is 12.9. The summed E-state index contributed by atoms with van der Waals surface area (Å²) in [7, 11) is -4.54. The molecule has 0 fully saturated rings. The zero-order valence-corrected chi connectivity index (χ0v) is 23.1. The first-order valence-electron chi connectivity index (χ1n) is 11.7. The van der Waals surface area contributed by atoms with Crippen LogP contribution in [-0.2, 0) is 23.0 Å². The van der Waals surface area contributed by atoms with Gasteiger partial charge >= 0.3 is 29.6 Å². The second-order valence-electron chi connectivity index (χ2n) is 9.50. The van der Waals surface area contributed by atoms with E-state index >= 15 is 0 Å². The van der Waals surface area contributed by atoms with Crippen LogP contribution >= 0.6 is 0 Å². The van der Waals surface area contributed by atoms with E-state index in [2.05, 4.69) is 33.8 Å². The average molecular weight is 455 g/mol. The molecule has 0 unspecified atom stereocenters. The molecule has 3 nitrogen and oxygen atoms in total. The van der Waals surface area contributed by atoms with Crippen molar-refractivity contribution in [2.75, 3.05) is 0 Å². The summed E-state index contributed by atoms with van der Waals surface area (Å²) in [5.41, 5.74) is 1.83. The summed E-state index contributed by atoms with van der Waals surface area (Å²) in [4.78, 5) is 0.0293. The van der Waals surface area contributed by atoms with Crippen LogP contribution in [0.1, 0.15) is 90.2 Å². The Balaban J connectivity index is 0.00000480. The topological polar surface area (TPSA) is 57.2 Å². The molecular formula is C26H39NaO3S. The van der Waals surface area contributed by atoms with Crippen molar-refractivity contribution in [3.8, 4) is 0 Å². The molecule has 2 aromatic rings. The molecule has 0 aliphatic rings. The minimum absolute atomic E-state index is 0. The maximum absolute atomic E-state index is 12.3. The fourth-order valence-corrected chi connectivity index (χ4v) is 5.26. The van der Waals surface area contributed by atoms with E-state index in [0.717, 1.165) is 55.0 Å². The average Bonchev–Trinajstić information content (AvgIpc) is 2.65. The molecule has 2 aromatic carbocycles. The maximum atomic E-state index is 12.3. The van der Waals surface area contributed by atoms with Crippen molar-refractivity contribution < 1.29 is 42.5 Å². The molecular weight excluding hydrogens is 415 g/mol. The molecule has 0 amide bonds. The van der Waals surface area contributed by atoms with Crippen LogP contribution in [0.2, 0.25) is 0 Å². The number of rotatable bonds is 13. The van der Waals surface area contributed by atoms with Gasteiger partial charge in [0.1, 0.15) is 10.1 Å². The van der Waals surface area contributed by atoms with Crippen LogP contribution in [0.15, 0.2) is 35.2 Å². The van der Waals surface area contributed by atoms with Gasteiger partial charge in [0, 0.05) is 0 Å². The molecule has 0 atom stereocenters. The van der Waals surface area contributed by atoms with E-state index in [9.17, 15) is 13.0 Å². The van der Waals surface area contributed by atoms with Crippen molar-refractivity contribution in [2.45, 2.75) is 96.8 Å². The van der Waals surface area contributed by atoms with Crippen molar-refractivity contribution in [3.63, 3.8) is 0 Å². The van der Waals surface area contributed by atoms with E-state index in [0.29, 0.717) is 23.6 Å². The summed E-state index contributed by atoms with van der Waals surface area (Å²) in [5.74, 6) is 1.40. The first-order valence-corrected chi connectivity index (χ1v) is 13.1. The minimum atomic E-state index is -4.54. The van der Waals surface area contributed by atoms with Gasteiger partial charge in [-0.15, -0.1) is 0 Å². The molecule has 0 saturated heterocycles. The fourth-order valence-electron chi connectivity index (χ4n) is 4.27. The van der Waals surface area contributed by atoms with Crippen molar-refractivity contribution >= 4 is 20.9 Å². The van der Waals surface area contributed by atoms with Crippen molar-refractivity contribution in [2.24, 2.45) is 11.8 Å². The molecule has 2 rings (SSSR count). The van der Waals surface area contributed by atoms with Crippen LogP contribution in [0.3, 0.4) is 0 Å². The smallest absolute Gasteiger partial charge is 0.744 e. The van der Waals surface area contributed by atoms with Gasteiger partial charge in [0.05, 0.1) is 4.90 Å². The summed E-state index contributed by atoms with van der Waals surface area (Å²) in [6.07, 6.45) is 10.4. The van der Waals surface area contributed by atoms with Crippen molar-refractivity contribution in [3.05, 3.63) is 41.5 Å². The van der Waals surface area contributed by atoms with Gasteiger partial charge in [0.2, 0.25) is 0 Å². The van der Waals surface area contributed by atoms with Gasteiger partial charge < -0.3 is 4.55 Å². The van der Waals surface area contributed by atoms with E-state index in [1.807, 2.05) is 18.2 Å². The molecule has 0 aliphatic heterocycles. The molecule has 0 heterocycles. The van der Waals surface area contributed by atoms with Gasteiger partial charge in [-0.05, 0) is 59.4 Å². The predicted octanol–water partition coefficient (Wildman–Crippen LogP) is 4.27. The zero-order valence-electron chi connectivity index (χ0n) is 20.2. The van der Waals surface area contributed by atoms with E-state index in [-0.39, 0.29) is 34.5 Å². The molecule has 168 valence electrons. The summed E-state index contributed by atoms with van der Waals surface area (Å²) in [6, 6.07) is 9.53. The number of unbranched alkanes of at least 4 members (excludes halogenated alkanes) is 4. The molecule has 0 spiro atoms. The normalized spacial score (nSPS) is 12.0. The third kappa shape index (κ3) is 9.55. The Morgan fingerprint density at radius 3 is 1.90 bits per heavy atom. The third-order valence-corrected chi connectivity index (χ3v) is 6.85. The second kappa shape index (κ2) is 14.0. The van der Waals surface area contributed by atoms with Gasteiger partial charge in [-0.3, -0.25) is 0 Å². The Morgan fingerprint density at radius 2 is 1.35 bits per heavy atom. The molecule has 0 N–H and O–H groups in total. The van der Waals surface area contributed by atoms with Gasteiger partial charge in [-0.2, -0.15) is 0 Å². The Morgan fingerprint density at radius 1 is 0.806 bits per heavy atom. The minimum Gasteiger partial charge on any atom is -0.744 e. The number of aryl methyl sites for hydroxylation is 1. The number of hydrogen-bond acceptors (Lipinski definition) is 3. The number of fused-ring (bicyclic) bond motifs is 1. The number of hydrogen-bond donors (Lipinski definition) is 0. The van der Waals surface area contributed by atoms with Crippen LogP contribution in [0.4, 0.5) is 0 Å². The predicted molar refractivity (Wildman–Crippen MR) is 126 cm³/mol. The molecule has 0 aromatic heterocycles. The third-order valence-electron chi connectivity index (χ3n) is 5.88. The maximum Gasteiger partial charge on any atom is 1.00 e. The van der Waals surface area contributed by atoms with Gasteiger partial charge in [0.25, 0.3) is 0 Å². The van der Waals surface area contributed by atoms with Crippen LogP contribution in [0, 0.1) is 11.8 Å². The molecule has 31 heavy (non-hydrogen) atoms. The van der Waals surface area contributed by atoms with Crippen LogP contribution in [-0.4, -0.2) is 13.0 Å². The zero-order chi connectivity index (χ0) is 22.1. The van der Waals surface area contributed by atoms with Gasteiger partial charge in [-0.25, -0.2) is 8.42 Å². The fraction of sp³-hybridized carbons (Fsp3) is 0.615. The summed E-state index contributed by atoms with van der Waals surface area (Å²) in [5, 5.41) is 1.43. The van der Waals surface area contributed by atoms with E-state index in [1.54, 1.807) is 6.07 Å². The monoisotopic (exact) mass is 454 g/mol. The second-order valence-corrected chi connectivity index (χ2v) is 10.8. The summed E-state index contributed by atoms with van der Waals surface area (Å²) in [6.45, 7) is 8.93. The standard InChI is InChI=1S/C26H40O3S.Na/c1-20(2)13-7-5-9-15-22-19-23-16-11-12-18-25(23)26(30(27,28)29)24(22)17-10-6-8-14-21(3)4;/h11-12,16,18-21H,5-10,13-15,17H2,1-4H3,(H,27,28,29);/q;+1/p-1. The Bertz CT molecular complexity index is 904. The van der Waals surface area contributed by atoms with Gasteiger partial charge in [-0.1, -0.05) is 96.6 Å². The quantitative estimate of drug-likeness (QED) is 0.258. The largest absolute Gasteiger partial charge is 1.00 e. The van der Waals surface area contributed by atoms with E-state index in [1.165, 1.54) is 19.3 Å². The number of benzene rings is 2. The molecule has 0 aliphatic carbocycles.